The largest absolute Gasteiger partial charge is 0.464 e. The van der Waals surface area contributed by atoms with Crippen molar-refractivity contribution in [3.05, 3.63) is 46.5 Å². The molecule has 2 heterocycles. The molecule has 0 fully saturated rings. The zero-order chi connectivity index (χ0) is 13.8. The third kappa shape index (κ3) is 2.79. The molecule has 6 nitrogen and oxygen atoms in total. The molecule has 2 aromatic heterocycles. The first-order valence-corrected chi connectivity index (χ1v) is 5.74. The zero-order valence-corrected chi connectivity index (χ0v) is 10.8. The highest BCUT2D eigenvalue weighted by Gasteiger charge is 2.17. The van der Waals surface area contributed by atoms with Crippen molar-refractivity contribution in [2.24, 2.45) is 0 Å². The number of pyridine rings is 1. The molecule has 0 saturated carbocycles. The molecule has 0 radical (unpaired) electrons. The number of esters is 1. The van der Waals surface area contributed by atoms with Gasteiger partial charge in [-0.15, -0.1) is 0 Å². The van der Waals surface area contributed by atoms with Gasteiger partial charge in [0.25, 0.3) is 0 Å². The number of halogens is 1. The molecule has 0 aliphatic rings. The predicted molar refractivity (Wildman–Crippen MR) is 67.3 cm³/mol. The van der Waals surface area contributed by atoms with Gasteiger partial charge in [-0.25, -0.2) is 9.78 Å². The van der Waals surface area contributed by atoms with Crippen molar-refractivity contribution in [3.8, 4) is 0 Å². The SMILES string of the molecule is COC(=O)c1nccc(Cl)c1Cn1ccc(C=O)n1. The second kappa shape index (κ2) is 5.62. The molecule has 0 amide bonds. The van der Waals surface area contributed by atoms with E-state index in [0.29, 0.717) is 22.6 Å². The van der Waals surface area contributed by atoms with Crippen molar-refractivity contribution in [1.29, 1.82) is 0 Å². The van der Waals surface area contributed by atoms with Gasteiger partial charge in [0.05, 0.1) is 13.7 Å². The molecule has 7 heteroatoms. The lowest BCUT2D eigenvalue weighted by atomic mass is 10.2. The molecule has 0 unspecified atom stereocenters. The molecule has 2 rings (SSSR count). The van der Waals surface area contributed by atoms with Crippen molar-refractivity contribution in [3.63, 3.8) is 0 Å². The number of hydrogen-bond donors (Lipinski definition) is 0. The van der Waals surface area contributed by atoms with Crippen molar-refractivity contribution >= 4 is 23.9 Å². The summed E-state index contributed by atoms with van der Waals surface area (Å²) in [5, 5.41) is 4.39. The van der Waals surface area contributed by atoms with Crippen LogP contribution in [-0.4, -0.2) is 34.1 Å². The van der Waals surface area contributed by atoms with Gasteiger partial charge in [0.15, 0.2) is 12.0 Å². The molecule has 0 aromatic carbocycles. The Morgan fingerprint density at radius 2 is 2.32 bits per heavy atom. The average Bonchev–Trinajstić information content (AvgIpc) is 2.88. The summed E-state index contributed by atoms with van der Waals surface area (Å²) >= 11 is 6.06. The standard InChI is InChI=1S/C12H10ClN3O3/c1-19-12(18)11-9(10(13)2-4-14-11)6-16-5-3-8(7-17)15-16/h2-5,7H,6H2,1H3. The van der Waals surface area contributed by atoms with E-state index in [2.05, 4.69) is 14.8 Å². The molecule has 0 spiro atoms. The van der Waals surface area contributed by atoms with Crippen molar-refractivity contribution in [2.45, 2.75) is 6.54 Å². The van der Waals surface area contributed by atoms with Gasteiger partial charge in [-0.2, -0.15) is 5.10 Å². The minimum atomic E-state index is -0.569. The highest BCUT2D eigenvalue weighted by molar-refractivity contribution is 6.31. The van der Waals surface area contributed by atoms with Gasteiger partial charge in [0.1, 0.15) is 5.69 Å². The summed E-state index contributed by atoms with van der Waals surface area (Å²) < 4.78 is 6.15. The Bertz CT molecular complexity index is 624. The maximum atomic E-state index is 11.6. The second-order valence-corrected chi connectivity index (χ2v) is 4.07. The number of methoxy groups -OCH3 is 1. The van der Waals surface area contributed by atoms with Crippen LogP contribution in [0.3, 0.4) is 0 Å². The summed E-state index contributed by atoms with van der Waals surface area (Å²) in [6.45, 7) is 0.227. The van der Waals surface area contributed by atoms with Crippen molar-refractivity contribution in [2.75, 3.05) is 7.11 Å². The Morgan fingerprint density at radius 1 is 1.53 bits per heavy atom. The Morgan fingerprint density at radius 3 is 2.95 bits per heavy atom. The number of rotatable bonds is 4. The third-order valence-corrected chi connectivity index (χ3v) is 2.83. The first-order chi connectivity index (χ1) is 9.15. The molecule has 98 valence electrons. The Balaban J connectivity index is 2.38. The van der Waals surface area contributed by atoms with E-state index in [4.69, 9.17) is 11.6 Å². The summed E-state index contributed by atoms with van der Waals surface area (Å²) in [5.74, 6) is -0.569. The Kier molecular flexibility index (Phi) is 3.91. The minimum absolute atomic E-state index is 0.137. The van der Waals surface area contributed by atoms with Gasteiger partial charge in [-0.3, -0.25) is 9.48 Å². The molecule has 0 aliphatic carbocycles. The molecular formula is C12H10ClN3O3. The number of aldehydes is 1. The van der Waals surface area contributed by atoms with Crippen LogP contribution in [0, 0.1) is 0 Å². The number of aromatic nitrogens is 3. The van der Waals surface area contributed by atoms with Crippen LogP contribution in [0.1, 0.15) is 26.5 Å². The van der Waals surface area contributed by atoms with E-state index in [0.717, 1.165) is 0 Å². The third-order valence-electron chi connectivity index (χ3n) is 2.48. The maximum absolute atomic E-state index is 11.6. The molecule has 0 aliphatic heterocycles. The lowest BCUT2D eigenvalue weighted by Crippen LogP contribution is -2.12. The van der Waals surface area contributed by atoms with Crippen LogP contribution in [-0.2, 0) is 11.3 Å². The molecule has 0 atom stereocenters. The van der Waals surface area contributed by atoms with E-state index in [9.17, 15) is 9.59 Å². The first kappa shape index (κ1) is 13.2. The number of carbonyl (C=O) groups excluding carboxylic acids is 2. The molecular weight excluding hydrogens is 270 g/mol. The molecule has 0 bridgehead atoms. The molecule has 19 heavy (non-hydrogen) atoms. The summed E-state index contributed by atoms with van der Waals surface area (Å²) in [4.78, 5) is 26.1. The van der Waals surface area contributed by atoms with Crippen molar-refractivity contribution < 1.29 is 14.3 Å². The summed E-state index contributed by atoms with van der Waals surface area (Å²) in [6, 6.07) is 3.14. The number of nitrogens with zero attached hydrogens (tertiary/aromatic N) is 3. The van der Waals surface area contributed by atoms with Gasteiger partial charge < -0.3 is 4.74 Å². The first-order valence-electron chi connectivity index (χ1n) is 5.36. The van der Waals surface area contributed by atoms with Gasteiger partial charge in [0, 0.05) is 23.0 Å². The van der Waals surface area contributed by atoms with Crippen LogP contribution in [0.15, 0.2) is 24.5 Å². The van der Waals surface area contributed by atoms with E-state index >= 15 is 0 Å². The van der Waals surface area contributed by atoms with Gasteiger partial charge >= 0.3 is 5.97 Å². The van der Waals surface area contributed by atoms with Crippen molar-refractivity contribution in [1.82, 2.24) is 14.8 Å². The van der Waals surface area contributed by atoms with E-state index in [1.165, 1.54) is 18.0 Å². The van der Waals surface area contributed by atoms with Gasteiger partial charge in [0.2, 0.25) is 0 Å². The monoisotopic (exact) mass is 279 g/mol. The molecule has 0 N–H and O–H groups in total. The van der Waals surface area contributed by atoms with Crippen LogP contribution in [0.4, 0.5) is 0 Å². The normalized spacial score (nSPS) is 10.2. The fourth-order valence-electron chi connectivity index (χ4n) is 1.58. The molecule has 2 aromatic rings. The highest BCUT2D eigenvalue weighted by Crippen LogP contribution is 2.20. The van der Waals surface area contributed by atoms with E-state index in [1.54, 1.807) is 18.3 Å². The summed E-state index contributed by atoms with van der Waals surface area (Å²) in [5.41, 5.74) is 0.939. The predicted octanol–water partition coefficient (Wildman–Crippen LogP) is 1.58. The van der Waals surface area contributed by atoms with E-state index in [-0.39, 0.29) is 12.2 Å². The zero-order valence-electron chi connectivity index (χ0n) is 10.0. The lowest BCUT2D eigenvalue weighted by Gasteiger charge is -2.08. The van der Waals surface area contributed by atoms with Gasteiger partial charge in [-0.1, -0.05) is 11.6 Å². The minimum Gasteiger partial charge on any atom is -0.464 e. The molecule has 0 saturated heterocycles. The Labute approximate surface area is 114 Å². The van der Waals surface area contributed by atoms with Crippen LogP contribution in [0.25, 0.3) is 0 Å². The fraction of sp³-hybridized carbons (Fsp3) is 0.167. The lowest BCUT2D eigenvalue weighted by molar-refractivity contribution is 0.0592. The fourth-order valence-corrected chi connectivity index (χ4v) is 1.79. The quantitative estimate of drug-likeness (QED) is 0.627. The van der Waals surface area contributed by atoms with Crippen LogP contribution in [0.5, 0.6) is 0 Å². The summed E-state index contributed by atoms with van der Waals surface area (Å²) in [7, 11) is 1.27. The maximum Gasteiger partial charge on any atom is 0.357 e. The summed E-state index contributed by atoms with van der Waals surface area (Å²) in [6.07, 6.45) is 3.69. The van der Waals surface area contributed by atoms with Crippen LogP contribution < -0.4 is 0 Å². The smallest absolute Gasteiger partial charge is 0.357 e. The number of carbonyl (C=O) groups is 2. The number of ether oxygens (including phenoxy) is 1. The number of hydrogen-bond acceptors (Lipinski definition) is 5. The van der Waals surface area contributed by atoms with Crippen LogP contribution >= 0.6 is 11.6 Å². The highest BCUT2D eigenvalue weighted by atomic mass is 35.5. The second-order valence-electron chi connectivity index (χ2n) is 3.67. The Hall–Kier alpha value is -2.21. The van der Waals surface area contributed by atoms with Crippen LogP contribution in [0.2, 0.25) is 5.02 Å². The average molecular weight is 280 g/mol. The topological polar surface area (TPSA) is 74.1 Å². The van der Waals surface area contributed by atoms with Gasteiger partial charge in [-0.05, 0) is 12.1 Å². The van der Waals surface area contributed by atoms with E-state index in [1.807, 2.05) is 0 Å². The van der Waals surface area contributed by atoms with E-state index < -0.39 is 5.97 Å².